The summed E-state index contributed by atoms with van der Waals surface area (Å²) in [4.78, 5) is 0. The molecule has 0 spiro atoms. The zero-order valence-corrected chi connectivity index (χ0v) is 11.3. The van der Waals surface area contributed by atoms with Crippen molar-refractivity contribution in [3.8, 4) is 5.75 Å². The fourth-order valence-electron chi connectivity index (χ4n) is 1.83. The molecule has 0 bridgehead atoms. The molecule has 0 radical (unpaired) electrons. The molecule has 2 rings (SSSR count). The topological polar surface area (TPSA) is 32.3 Å². The number of phenols is 1. The summed E-state index contributed by atoms with van der Waals surface area (Å²) >= 11 is 5.94. The monoisotopic (exact) mass is 279 g/mol. The van der Waals surface area contributed by atoms with Crippen LogP contribution in [-0.4, -0.2) is 5.11 Å². The number of halogens is 2. The van der Waals surface area contributed by atoms with E-state index >= 15 is 0 Å². The van der Waals surface area contributed by atoms with Gasteiger partial charge in [-0.15, -0.1) is 0 Å². The van der Waals surface area contributed by atoms with Gasteiger partial charge in [-0.25, -0.2) is 4.39 Å². The molecule has 0 fully saturated rings. The summed E-state index contributed by atoms with van der Waals surface area (Å²) in [5.74, 6) is -0.929. The number of hydrogen-bond acceptors (Lipinski definition) is 2. The molecule has 2 nitrogen and oxygen atoms in total. The van der Waals surface area contributed by atoms with Crippen molar-refractivity contribution < 1.29 is 9.50 Å². The number of nitrogens with one attached hydrogen (secondary N) is 1. The Morgan fingerprint density at radius 1 is 1.26 bits per heavy atom. The van der Waals surface area contributed by atoms with Gasteiger partial charge in [-0.2, -0.15) is 0 Å². The highest BCUT2D eigenvalue weighted by Crippen LogP contribution is 2.19. The van der Waals surface area contributed by atoms with E-state index in [0.717, 1.165) is 11.1 Å². The predicted octanol–water partition coefficient (Wildman–Crippen LogP) is 4.04. The maximum Gasteiger partial charge on any atom is 0.165 e. The number of benzene rings is 2. The summed E-state index contributed by atoms with van der Waals surface area (Å²) in [5.41, 5.74) is 1.86. The number of phenolic OH excluding ortho intramolecular Hbond substituents is 1. The molecule has 0 amide bonds. The van der Waals surface area contributed by atoms with Gasteiger partial charge < -0.3 is 10.4 Å². The quantitative estimate of drug-likeness (QED) is 0.885. The minimum atomic E-state index is -0.602. The SMILES string of the molecule is C[C@@H](NCc1ccc(O)c(F)c1)c1cccc(Cl)c1. The number of rotatable bonds is 4. The van der Waals surface area contributed by atoms with Crippen molar-refractivity contribution >= 4 is 11.6 Å². The first kappa shape index (κ1) is 13.8. The van der Waals surface area contributed by atoms with Crippen LogP contribution in [0.25, 0.3) is 0 Å². The van der Waals surface area contributed by atoms with E-state index in [0.29, 0.717) is 11.6 Å². The molecule has 0 heterocycles. The van der Waals surface area contributed by atoms with Crippen LogP contribution in [-0.2, 0) is 6.54 Å². The van der Waals surface area contributed by atoms with Gasteiger partial charge in [0.2, 0.25) is 0 Å². The molecule has 2 N–H and O–H groups in total. The van der Waals surface area contributed by atoms with E-state index in [1.807, 2.05) is 31.2 Å². The average Bonchev–Trinajstić information content (AvgIpc) is 2.40. The third kappa shape index (κ3) is 3.69. The molecule has 0 saturated carbocycles. The number of hydrogen-bond donors (Lipinski definition) is 2. The normalized spacial score (nSPS) is 12.4. The van der Waals surface area contributed by atoms with Crippen molar-refractivity contribution in [2.24, 2.45) is 0 Å². The molecule has 0 aliphatic heterocycles. The van der Waals surface area contributed by atoms with E-state index in [1.165, 1.54) is 12.1 Å². The highest BCUT2D eigenvalue weighted by molar-refractivity contribution is 6.30. The molecular formula is C15H15ClFNO. The fraction of sp³-hybridized carbons (Fsp3) is 0.200. The second kappa shape index (κ2) is 6.04. The van der Waals surface area contributed by atoms with Gasteiger partial charge in [0, 0.05) is 17.6 Å². The van der Waals surface area contributed by atoms with Gasteiger partial charge in [0.1, 0.15) is 0 Å². The smallest absolute Gasteiger partial charge is 0.165 e. The molecule has 1 atom stereocenters. The first-order valence-electron chi connectivity index (χ1n) is 6.02. The van der Waals surface area contributed by atoms with Crippen LogP contribution in [0.5, 0.6) is 5.75 Å². The molecule has 100 valence electrons. The summed E-state index contributed by atoms with van der Waals surface area (Å²) in [6.45, 7) is 2.54. The predicted molar refractivity (Wildman–Crippen MR) is 74.8 cm³/mol. The van der Waals surface area contributed by atoms with Crippen LogP contribution in [0, 0.1) is 5.82 Å². The second-order valence-corrected chi connectivity index (χ2v) is 4.88. The van der Waals surface area contributed by atoms with Gasteiger partial charge in [-0.1, -0.05) is 29.8 Å². The Morgan fingerprint density at radius 3 is 2.74 bits per heavy atom. The average molecular weight is 280 g/mol. The van der Waals surface area contributed by atoms with E-state index in [9.17, 15) is 4.39 Å². The Labute approximate surface area is 116 Å². The second-order valence-electron chi connectivity index (χ2n) is 4.44. The Balaban J connectivity index is 2.00. The van der Waals surface area contributed by atoms with Crippen LogP contribution in [0.4, 0.5) is 4.39 Å². The maximum atomic E-state index is 13.2. The van der Waals surface area contributed by atoms with Gasteiger partial charge in [0.05, 0.1) is 0 Å². The molecule has 0 aliphatic carbocycles. The maximum absolute atomic E-state index is 13.2. The standard InChI is InChI=1S/C15H15ClFNO/c1-10(12-3-2-4-13(16)8-12)18-9-11-5-6-15(19)14(17)7-11/h2-8,10,18-19H,9H2,1H3/t10-/m1/s1. The third-order valence-electron chi connectivity index (χ3n) is 2.97. The lowest BCUT2D eigenvalue weighted by Gasteiger charge is -2.14. The summed E-state index contributed by atoms with van der Waals surface area (Å²) in [6.07, 6.45) is 0. The summed E-state index contributed by atoms with van der Waals surface area (Å²) < 4.78 is 13.2. The minimum Gasteiger partial charge on any atom is -0.505 e. The third-order valence-corrected chi connectivity index (χ3v) is 3.21. The molecule has 4 heteroatoms. The molecule has 0 unspecified atom stereocenters. The van der Waals surface area contributed by atoms with Crippen LogP contribution < -0.4 is 5.32 Å². The van der Waals surface area contributed by atoms with Gasteiger partial charge in [-0.05, 0) is 42.3 Å². The van der Waals surface area contributed by atoms with Gasteiger partial charge in [0.25, 0.3) is 0 Å². The summed E-state index contributed by atoms with van der Waals surface area (Å²) in [6, 6.07) is 12.1. The fourth-order valence-corrected chi connectivity index (χ4v) is 2.02. The Kier molecular flexibility index (Phi) is 4.40. The highest BCUT2D eigenvalue weighted by Gasteiger charge is 2.06. The first-order chi connectivity index (χ1) is 9.06. The van der Waals surface area contributed by atoms with E-state index in [2.05, 4.69) is 5.32 Å². The van der Waals surface area contributed by atoms with Gasteiger partial charge in [0.15, 0.2) is 11.6 Å². The molecule has 0 saturated heterocycles. The molecule has 2 aromatic carbocycles. The van der Waals surface area contributed by atoms with Gasteiger partial charge >= 0.3 is 0 Å². The lowest BCUT2D eigenvalue weighted by atomic mass is 10.1. The minimum absolute atomic E-state index is 0.107. The van der Waals surface area contributed by atoms with Crippen molar-refractivity contribution in [1.82, 2.24) is 5.32 Å². The van der Waals surface area contributed by atoms with Crippen molar-refractivity contribution in [2.75, 3.05) is 0 Å². The first-order valence-corrected chi connectivity index (χ1v) is 6.40. The molecule has 19 heavy (non-hydrogen) atoms. The number of aromatic hydroxyl groups is 1. The summed E-state index contributed by atoms with van der Waals surface area (Å²) in [5, 5.41) is 13.1. The van der Waals surface area contributed by atoms with E-state index in [4.69, 9.17) is 16.7 Å². The lowest BCUT2D eigenvalue weighted by Crippen LogP contribution is -2.18. The Morgan fingerprint density at radius 2 is 2.05 bits per heavy atom. The van der Waals surface area contributed by atoms with E-state index < -0.39 is 5.82 Å². The molecular weight excluding hydrogens is 265 g/mol. The van der Waals surface area contributed by atoms with Crippen LogP contribution in [0.1, 0.15) is 24.1 Å². The molecule has 0 aliphatic rings. The zero-order chi connectivity index (χ0) is 13.8. The molecule has 2 aromatic rings. The van der Waals surface area contributed by atoms with Crippen molar-refractivity contribution in [1.29, 1.82) is 0 Å². The van der Waals surface area contributed by atoms with Crippen LogP contribution >= 0.6 is 11.6 Å². The van der Waals surface area contributed by atoms with Crippen LogP contribution in [0.15, 0.2) is 42.5 Å². The van der Waals surface area contributed by atoms with E-state index in [-0.39, 0.29) is 11.8 Å². The van der Waals surface area contributed by atoms with Crippen molar-refractivity contribution in [3.63, 3.8) is 0 Å². The van der Waals surface area contributed by atoms with Crippen molar-refractivity contribution in [3.05, 3.63) is 64.4 Å². The summed E-state index contributed by atoms with van der Waals surface area (Å²) in [7, 11) is 0. The molecule has 0 aromatic heterocycles. The van der Waals surface area contributed by atoms with Crippen LogP contribution in [0.2, 0.25) is 5.02 Å². The lowest BCUT2D eigenvalue weighted by molar-refractivity contribution is 0.431. The Hall–Kier alpha value is -1.58. The zero-order valence-electron chi connectivity index (χ0n) is 10.5. The van der Waals surface area contributed by atoms with Crippen LogP contribution in [0.3, 0.4) is 0 Å². The highest BCUT2D eigenvalue weighted by atomic mass is 35.5. The largest absolute Gasteiger partial charge is 0.505 e. The van der Waals surface area contributed by atoms with E-state index in [1.54, 1.807) is 6.07 Å². The van der Waals surface area contributed by atoms with Gasteiger partial charge in [-0.3, -0.25) is 0 Å². The Bertz CT molecular complexity index is 574. The van der Waals surface area contributed by atoms with Crippen molar-refractivity contribution in [2.45, 2.75) is 19.5 Å².